The summed E-state index contributed by atoms with van der Waals surface area (Å²) in [6, 6.07) is 11.2. The Hall–Kier alpha value is -2.76. The van der Waals surface area contributed by atoms with Crippen molar-refractivity contribution in [3.8, 4) is 17.2 Å². The molecule has 2 N–H and O–H groups in total. The van der Waals surface area contributed by atoms with E-state index in [1.54, 1.807) is 18.2 Å². The van der Waals surface area contributed by atoms with Gasteiger partial charge in [-0.1, -0.05) is 12.1 Å². The second-order valence-corrected chi connectivity index (χ2v) is 4.00. The maximum Gasteiger partial charge on any atom is 0.275 e. The quantitative estimate of drug-likeness (QED) is 0.513. The Balaban J connectivity index is 2.32. The van der Waals surface area contributed by atoms with Crippen molar-refractivity contribution < 1.29 is 14.4 Å². The van der Waals surface area contributed by atoms with Gasteiger partial charge in [0.1, 0.15) is 5.75 Å². The fourth-order valence-electron chi connectivity index (χ4n) is 1.71. The molecule has 0 radical (unpaired) electrons. The van der Waals surface area contributed by atoms with E-state index in [1.807, 2.05) is 13.0 Å². The zero-order valence-electron chi connectivity index (χ0n) is 10.9. The van der Waals surface area contributed by atoms with Gasteiger partial charge in [-0.3, -0.25) is 10.1 Å². The van der Waals surface area contributed by atoms with Crippen LogP contribution in [0.4, 0.5) is 11.4 Å². The van der Waals surface area contributed by atoms with Crippen molar-refractivity contribution in [1.82, 2.24) is 0 Å². The lowest BCUT2D eigenvalue weighted by molar-refractivity contribution is -0.384. The van der Waals surface area contributed by atoms with E-state index in [-0.39, 0.29) is 11.4 Å². The van der Waals surface area contributed by atoms with Gasteiger partial charge in [-0.2, -0.15) is 0 Å². The van der Waals surface area contributed by atoms with Crippen LogP contribution in [-0.4, -0.2) is 11.5 Å². The lowest BCUT2D eigenvalue weighted by Gasteiger charge is -2.11. The molecule has 0 aliphatic rings. The summed E-state index contributed by atoms with van der Waals surface area (Å²) >= 11 is 0. The molecular weight excluding hydrogens is 260 g/mol. The van der Waals surface area contributed by atoms with Crippen molar-refractivity contribution >= 4 is 11.4 Å². The van der Waals surface area contributed by atoms with Gasteiger partial charge in [0.05, 0.1) is 17.6 Å². The number of nitro benzene ring substituents is 1. The van der Waals surface area contributed by atoms with Gasteiger partial charge in [0, 0.05) is 17.8 Å². The maximum atomic E-state index is 10.8. The molecule has 104 valence electrons. The van der Waals surface area contributed by atoms with Crippen molar-refractivity contribution in [3.63, 3.8) is 0 Å². The molecule has 2 rings (SSSR count). The standard InChI is InChI=1S/C14H14N2O4/c1-2-19-13-5-3-4-6-14(13)20-12-8-10(15)7-11(9-12)16(17)18/h3-9H,2,15H2,1H3. The Bertz CT molecular complexity index is 628. The third-order valence-corrected chi connectivity index (χ3v) is 2.50. The number of hydrogen-bond acceptors (Lipinski definition) is 5. The van der Waals surface area contributed by atoms with Crippen LogP contribution in [0, 0.1) is 10.1 Å². The molecule has 0 amide bonds. The molecule has 0 saturated heterocycles. The van der Waals surface area contributed by atoms with Crippen LogP contribution >= 0.6 is 0 Å². The van der Waals surface area contributed by atoms with Crippen LogP contribution in [0.15, 0.2) is 42.5 Å². The van der Waals surface area contributed by atoms with E-state index >= 15 is 0 Å². The average Bonchev–Trinajstić information content (AvgIpc) is 2.40. The SMILES string of the molecule is CCOc1ccccc1Oc1cc(N)cc([N+](=O)[O-])c1. The van der Waals surface area contributed by atoms with E-state index in [2.05, 4.69) is 0 Å². The second kappa shape index (κ2) is 5.92. The molecule has 0 spiro atoms. The molecule has 0 aromatic heterocycles. The van der Waals surface area contributed by atoms with Crippen LogP contribution in [0.3, 0.4) is 0 Å². The lowest BCUT2D eigenvalue weighted by Crippen LogP contribution is -1.96. The summed E-state index contributed by atoms with van der Waals surface area (Å²) in [7, 11) is 0. The molecule has 0 fully saturated rings. The van der Waals surface area contributed by atoms with E-state index in [4.69, 9.17) is 15.2 Å². The van der Waals surface area contributed by atoms with Gasteiger partial charge in [-0.05, 0) is 19.1 Å². The Morgan fingerprint density at radius 3 is 2.55 bits per heavy atom. The van der Waals surface area contributed by atoms with Crippen LogP contribution in [0.2, 0.25) is 0 Å². The molecule has 0 saturated carbocycles. The van der Waals surface area contributed by atoms with Gasteiger partial charge >= 0.3 is 0 Å². The van der Waals surface area contributed by atoms with Crippen molar-refractivity contribution in [2.24, 2.45) is 0 Å². The highest BCUT2D eigenvalue weighted by atomic mass is 16.6. The van der Waals surface area contributed by atoms with E-state index in [1.165, 1.54) is 18.2 Å². The fraction of sp³-hybridized carbons (Fsp3) is 0.143. The molecule has 0 aliphatic heterocycles. The van der Waals surface area contributed by atoms with E-state index in [0.29, 0.717) is 23.9 Å². The van der Waals surface area contributed by atoms with Gasteiger partial charge in [-0.15, -0.1) is 0 Å². The highest BCUT2D eigenvalue weighted by Gasteiger charge is 2.11. The number of rotatable bonds is 5. The van der Waals surface area contributed by atoms with Gasteiger partial charge < -0.3 is 15.2 Å². The fourth-order valence-corrected chi connectivity index (χ4v) is 1.71. The minimum atomic E-state index is -0.516. The normalized spacial score (nSPS) is 10.1. The van der Waals surface area contributed by atoms with Crippen LogP contribution in [0.5, 0.6) is 17.2 Å². The molecule has 6 heteroatoms. The summed E-state index contributed by atoms with van der Waals surface area (Å²) in [4.78, 5) is 10.3. The lowest BCUT2D eigenvalue weighted by atomic mass is 10.2. The smallest absolute Gasteiger partial charge is 0.275 e. The van der Waals surface area contributed by atoms with Gasteiger partial charge in [0.2, 0.25) is 0 Å². The number of non-ortho nitro benzene ring substituents is 1. The highest BCUT2D eigenvalue weighted by Crippen LogP contribution is 2.33. The summed E-state index contributed by atoms with van der Waals surface area (Å²) in [6.45, 7) is 2.36. The van der Waals surface area contributed by atoms with Gasteiger partial charge in [-0.25, -0.2) is 0 Å². The first-order valence-electron chi connectivity index (χ1n) is 6.04. The molecule has 0 unspecified atom stereocenters. The maximum absolute atomic E-state index is 10.8. The molecule has 0 bridgehead atoms. The van der Waals surface area contributed by atoms with E-state index in [9.17, 15) is 10.1 Å². The average molecular weight is 274 g/mol. The number of benzene rings is 2. The van der Waals surface area contributed by atoms with E-state index in [0.717, 1.165) is 0 Å². The summed E-state index contributed by atoms with van der Waals surface area (Å²) in [5.74, 6) is 1.35. The van der Waals surface area contributed by atoms with Crippen LogP contribution in [-0.2, 0) is 0 Å². The Morgan fingerprint density at radius 2 is 1.90 bits per heavy atom. The predicted molar refractivity (Wildman–Crippen MR) is 75.2 cm³/mol. The van der Waals surface area contributed by atoms with Crippen LogP contribution in [0.1, 0.15) is 6.92 Å². The first kappa shape index (κ1) is 13.7. The number of ether oxygens (including phenoxy) is 2. The van der Waals surface area contributed by atoms with Crippen molar-refractivity contribution in [1.29, 1.82) is 0 Å². The third-order valence-electron chi connectivity index (χ3n) is 2.50. The topological polar surface area (TPSA) is 87.6 Å². The van der Waals surface area contributed by atoms with Gasteiger partial charge in [0.15, 0.2) is 11.5 Å². The molecule has 0 atom stereocenters. The largest absolute Gasteiger partial charge is 0.490 e. The minimum Gasteiger partial charge on any atom is -0.490 e. The van der Waals surface area contributed by atoms with Crippen molar-refractivity contribution in [2.75, 3.05) is 12.3 Å². The first-order valence-corrected chi connectivity index (χ1v) is 6.04. The molecule has 0 aliphatic carbocycles. The molecule has 6 nitrogen and oxygen atoms in total. The minimum absolute atomic E-state index is 0.117. The third kappa shape index (κ3) is 3.17. The first-order chi connectivity index (χ1) is 9.60. The second-order valence-electron chi connectivity index (χ2n) is 4.00. The predicted octanol–water partition coefficient (Wildman–Crippen LogP) is 3.37. The van der Waals surface area contributed by atoms with Gasteiger partial charge in [0.25, 0.3) is 5.69 Å². The summed E-state index contributed by atoms with van der Waals surface area (Å²) in [5, 5.41) is 10.8. The van der Waals surface area contributed by atoms with Crippen molar-refractivity contribution in [3.05, 3.63) is 52.6 Å². The monoisotopic (exact) mass is 274 g/mol. The number of nitro groups is 1. The molecule has 0 heterocycles. The molecule has 20 heavy (non-hydrogen) atoms. The molecule has 2 aromatic rings. The highest BCUT2D eigenvalue weighted by molar-refractivity contribution is 5.55. The summed E-state index contributed by atoms with van der Waals surface area (Å²) in [5.41, 5.74) is 5.78. The Labute approximate surface area is 115 Å². The summed E-state index contributed by atoms with van der Waals surface area (Å²) < 4.78 is 11.1. The number of anilines is 1. The summed E-state index contributed by atoms with van der Waals surface area (Å²) in [6.07, 6.45) is 0. The number of nitrogens with zero attached hydrogens (tertiary/aromatic N) is 1. The number of nitrogens with two attached hydrogens (primary N) is 1. The molecule has 2 aromatic carbocycles. The Morgan fingerprint density at radius 1 is 1.20 bits per heavy atom. The van der Waals surface area contributed by atoms with E-state index < -0.39 is 4.92 Å². The number of nitrogen functional groups attached to an aromatic ring is 1. The number of hydrogen-bond donors (Lipinski definition) is 1. The van der Waals surface area contributed by atoms with Crippen molar-refractivity contribution in [2.45, 2.75) is 6.92 Å². The van der Waals surface area contributed by atoms with Crippen LogP contribution < -0.4 is 15.2 Å². The number of para-hydroxylation sites is 2. The zero-order chi connectivity index (χ0) is 14.5. The Kier molecular flexibility index (Phi) is 4.05. The molecular formula is C14H14N2O4. The zero-order valence-corrected chi connectivity index (χ0v) is 10.9. The van der Waals surface area contributed by atoms with Crippen LogP contribution in [0.25, 0.3) is 0 Å².